The van der Waals surface area contributed by atoms with Crippen LogP contribution in [0, 0.1) is 0 Å². The molecule has 2 rings (SSSR count). The maximum absolute atomic E-state index is 4.21. The number of hydrogen-bond donors (Lipinski definition) is 1. The summed E-state index contributed by atoms with van der Waals surface area (Å²) in [5.41, 5.74) is 2.38. The summed E-state index contributed by atoms with van der Waals surface area (Å²) < 4.78 is 1.89. The SMILES string of the molecule is CNCC=Cc1ccc2cnn(C)c2c1. The lowest BCUT2D eigenvalue weighted by Crippen LogP contribution is -2.03. The van der Waals surface area contributed by atoms with Gasteiger partial charge in [-0.05, 0) is 18.7 Å². The quantitative estimate of drug-likeness (QED) is 0.820. The van der Waals surface area contributed by atoms with Crippen molar-refractivity contribution in [1.82, 2.24) is 15.1 Å². The van der Waals surface area contributed by atoms with Crippen molar-refractivity contribution in [2.45, 2.75) is 0 Å². The van der Waals surface area contributed by atoms with Gasteiger partial charge in [0.25, 0.3) is 0 Å². The predicted molar refractivity (Wildman–Crippen MR) is 63.7 cm³/mol. The molecule has 0 bridgehead atoms. The zero-order valence-electron chi connectivity index (χ0n) is 9.07. The third-order valence-electron chi connectivity index (χ3n) is 2.41. The van der Waals surface area contributed by atoms with Crippen molar-refractivity contribution in [3.05, 3.63) is 36.0 Å². The normalized spacial score (nSPS) is 11.6. The second-order valence-corrected chi connectivity index (χ2v) is 3.55. The summed E-state index contributed by atoms with van der Waals surface area (Å²) in [6.07, 6.45) is 6.11. The molecular formula is C12H15N3. The summed E-state index contributed by atoms with van der Waals surface area (Å²) in [6, 6.07) is 6.35. The fraction of sp³-hybridized carbons (Fsp3) is 0.250. The Kier molecular flexibility index (Phi) is 2.83. The van der Waals surface area contributed by atoms with E-state index < -0.39 is 0 Å². The maximum Gasteiger partial charge on any atom is 0.0685 e. The molecule has 3 nitrogen and oxygen atoms in total. The van der Waals surface area contributed by atoms with E-state index in [1.165, 1.54) is 16.5 Å². The smallest absolute Gasteiger partial charge is 0.0685 e. The Morgan fingerprint density at radius 2 is 2.33 bits per heavy atom. The number of aryl methyl sites for hydroxylation is 1. The van der Waals surface area contributed by atoms with Crippen molar-refractivity contribution in [3.8, 4) is 0 Å². The summed E-state index contributed by atoms with van der Waals surface area (Å²) in [6.45, 7) is 0.892. The first-order chi connectivity index (χ1) is 7.31. The first kappa shape index (κ1) is 9.93. The van der Waals surface area contributed by atoms with E-state index in [1.807, 2.05) is 25.0 Å². The van der Waals surface area contributed by atoms with Crippen LogP contribution in [-0.4, -0.2) is 23.4 Å². The van der Waals surface area contributed by atoms with Crippen LogP contribution in [0.15, 0.2) is 30.5 Å². The summed E-state index contributed by atoms with van der Waals surface area (Å²) in [5.74, 6) is 0. The Labute approximate surface area is 89.4 Å². The summed E-state index contributed by atoms with van der Waals surface area (Å²) in [4.78, 5) is 0. The van der Waals surface area contributed by atoms with E-state index in [9.17, 15) is 0 Å². The van der Waals surface area contributed by atoms with Crippen LogP contribution in [0.1, 0.15) is 5.56 Å². The number of aromatic nitrogens is 2. The first-order valence-corrected chi connectivity index (χ1v) is 5.04. The van der Waals surface area contributed by atoms with Gasteiger partial charge >= 0.3 is 0 Å². The average Bonchev–Trinajstić information content (AvgIpc) is 2.61. The molecule has 0 fully saturated rings. The van der Waals surface area contributed by atoms with Crippen molar-refractivity contribution < 1.29 is 0 Å². The minimum atomic E-state index is 0.892. The molecule has 0 saturated heterocycles. The predicted octanol–water partition coefficient (Wildman–Crippen LogP) is 1.81. The molecule has 0 spiro atoms. The molecule has 0 aliphatic rings. The number of hydrogen-bond acceptors (Lipinski definition) is 2. The number of likely N-dealkylation sites (N-methyl/N-ethyl adjacent to an activating group) is 1. The highest BCUT2D eigenvalue weighted by Crippen LogP contribution is 2.15. The van der Waals surface area contributed by atoms with Gasteiger partial charge in [0.1, 0.15) is 0 Å². The average molecular weight is 201 g/mol. The topological polar surface area (TPSA) is 29.9 Å². The molecule has 0 amide bonds. The van der Waals surface area contributed by atoms with E-state index in [2.05, 4.69) is 40.8 Å². The number of rotatable bonds is 3. The molecule has 2 aromatic rings. The molecule has 0 atom stereocenters. The van der Waals surface area contributed by atoms with Crippen LogP contribution < -0.4 is 5.32 Å². The van der Waals surface area contributed by atoms with Crippen molar-refractivity contribution in [3.63, 3.8) is 0 Å². The van der Waals surface area contributed by atoms with Crippen molar-refractivity contribution in [2.24, 2.45) is 7.05 Å². The highest BCUT2D eigenvalue weighted by atomic mass is 15.2. The zero-order valence-corrected chi connectivity index (χ0v) is 9.07. The molecule has 3 heteroatoms. The molecule has 0 unspecified atom stereocenters. The largest absolute Gasteiger partial charge is 0.316 e. The van der Waals surface area contributed by atoms with E-state index >= 15 is 0 Å². The molecule has 1 aromatic carbocycles. The van der Waals surface area contributed by atoms with Crippen LogP contribution in [0.5, 0.6) is 0 Å². The lowest BCUT2D eigenvalue weighted by molar-refractivity contribution is 0.797. The third kappa shape index (κ3) is 2.07. The number of nitrogens with one attached hydrogen (secondary N) is 1. The molecule has 0 aliphatic heterocycles. The molecule has 1 aromatic heterocycles. The second kappa shape index (κ2) is 4.28. The van der Waals surface area contributed by atoms with E-state index in [-0.39, 0.29) is 0 Å². The van der Waals surface area contributed by atoms with E-state index in [0.29, 0.717) is 0 Å². The van der Waals surface area contributed by atoms with Crippen LogP contribution in [0.2, 0.25) is 0 Å². The molecule has 78 valence electrons. The van der Waals surface area contributed by atoms with Crippen LogP contribution in [0.4, 0.5) is 0 Å². The molecule has 0 saturated carbocycles. The van der Waals surface area contributed by atoms with Crippen LogP contribution in [0.3, 0.4) is 0 Å². The number of nitrogens with zero attached hydrogens (tertiary/aromatic N) is 2. The maximum atomic E-state index is 4.21. The van der Waals surface area contributed by atoms with Crippen molar-refractivity contribution >= 4 is 17.0 Å². The van der Waals surface area contributed by atoms with E-state index in [0.717, 1.165) is 6.54 Å². The standard InChI is InChI=1S/C12H15N3/c1-13-7-3-4-10-5-6-11-9-14-15(2)12(11)8-10/h3-6,8-9,13H,7H2,1-2H3. The van der Waals surface area contributed by atoms with Gasteiger partial charge in [0, 0.05) is 19.0 Å². The third-order valence-corrected chi connectivity index (χ3v) is 2.41. The molecule has 1 heterocycles. The van der Waals surface area contributed by atoms with Gasteiger partial charge in [-0.2, -0.15) is 5.10 Å². The lowest BCUT2D eigenvalue weighted by atomic mass is 10.1. The Morgan fingerprint density at radius 1 is 1.47 bits per heavy atom. The first-order valence-electron chi connectivity index (χ1n) is 5.04. The fourth-order valence-corrected chi connectivity index (χ4v) is 1.58. The monoisotopic (exact) mass is 201 g/mol. The molecule has 0 radical (unpaired) electrons. The number of fused-ring (bicyclic) bond motifs is 1. The van der Waals surface area contributed by atoms with Gasteiger partial charge in [0.2, 0.25) is 0 Å². The van der Waals surface area contributed by atoms with Gasteiger partial charge in [-0.3, -0.25) is 4.68 Å². The van der Waals surface area contributed by atoms with E-state index in [4.69, 9.17) is 0 Å². The Bertz CT molecular complexity index is 483. The Hall–Kier alpha value is -1.61. The zero-order chi connectivity index (χ0) is 10.7. The summed E-state index contributed by atoms with van der Waals surface area (Å²) >= 11 is 0. The molecule has 0 aliphatic carbocycles. The summed E-state index contributed by atoms with van der Waals surface area (Å²) in [7, 11) is 3.90. The Balaban J connectivity index is 2.33. The van der Waals surface area contributed by atoms with Gasteiger partial charge in [-0.15, -0.1) is 0 Å². The van der Waals surface area contributed by atoms with Gasteiger partial charge in [0.15, 0.2) is 0 Å². The van der Waals surface area contributed by atoms with Gasteiger partial charge < -0.3 is 5.32 Å². The summed E-state index contributed by atoms with van der Waals surface area (Å²) in [5, 5.41) is 8.47. The van der Waals surface area contributed by atoms with Gasteiger partial charge in [-0.25, -0.2) is 0 Å². The minimum absolute atomic E-state index is 0.892. The highest BCUT2D eigenvalue weighted by Gasteiger charge is 1.98. The highest BCUT2D eigenvalue weighted by molar-refractivity contribution is 5.81. The van der Waals surface area contributed by atoms with Crippen LogP contribution >= 0.6 is 0 Å². The van der Waals surface area contributed by atoms with Crippen LogP contribution in [-0.2, 0) is 7.05 Å². The number of benzene rings is 1. The molecule has 1 N–H and O–H groups in total. The lowest BCUT2D eigenvalue weighted by Gasteiger charge is -1.97. The molecular weight excluding hydrogens is 186 g/mol. The Morgan fingerprint density at radius 3 is 3.13 bits per heavy atom. The second-order valence-electron chi connectivity index (χ2n) is 3.55. The van der Waals surface area contributed by atoms with Gasteiger partial charge in [-0.1, -0.05) is 24.3 Å². The molecule has 15 heavy (non-hydrogen) atoms. The fourth-order valence-electron chi connectivity index (χ4n) is 1.58. The van der Waals surface area contributed by atoms with E-state index in [1.54, 1.807) is 0 Å². The minimum Gasteiger partial charge on any atom is -0.316 e. The van der Waals surface area contributed by atoms with Crippen molar-refractivity contribution in [1.29, 1.82) is 0 Å². The van der Waals surface area contributed by atoms with Crippen LogP contribution in [0.25, 0.3) is 17.0 Å². The van der Waals surface area contributed by atoms with Gasteiger partial charge in [0.05, 0.1) is 11.7 Å². The van der Waals surface area contributed by atoms with Crippen molar-refractivity contribution in [2.75, 3.05) is 13.6 Å².